The number of unbranched alkanes of at least 4 members (excludes halogenated alkanes) is 1. The van der Waals surface area contributed by atoms with Gasteiger partial charge in [0.2, 0.25) is 5.91 Å². The topological polar surface area (TPSA) is 64.0 Å². The molecule has 0 bridgehead atoms. The van der Waals surface area contributed by atoms with E-state index in [2.05, 4.69) is 17.2 Å². The highest BCUT2D eigenvalue weighted by Crippen LogP contribution is 2.23. The van der Waals surface area contributed by atoms with Gasteiger partial charge in [0.25, 0.3) is 5.56 Å². The van der Waals surface area contributed by atoms with Crippen molar-refractivity contribution < 1.29 is 9.18 Å². The van der Waals surface area contributed by atoms with Crippen LogP contribution in [-0.2, 0) is 11.3 Å². The molecule has 0 saturated carbocycles. The number of halogens is 2. The molecule has 0 atom stereocenters. The van der Waals surface area contributed by atoms with E-state index in [1.165, 1.54) is 41.3 Å². The van der Waals surface area contributed by atoms with Crippen LogP contribution in [0.3, 0.4) is 0 Å². The summed E-state index contributed by atoms with van der Waals surface area (Å²) in [5, 5.41) is 4.96. The molecule has 0 aliphatic rings. The van der Waals surface area contributed by atoms with E-state index in [4.69, 9.17) is 11.6 Å². The maximum absolute atomic E-state index is 13.2. The Labute approximate surface area is 168 Å². The molecule has 0 aliphatic heterocycles. The average Bonchev–Trinajstić information content (AvgIpc) is 3.11. The van der Waals surface area contributed by atoms with E-state index in [-0.39, 0.29) is 22.2 Å². The Kier molecular flexibility index (Phi) is 6.51. The quantitative estimate of drug-likeness (QED) is 0.437. The Balaban J connectivity index is 1.76. The highest BCUT2D eigenvalue weighted by Gasteiger charge is 2.14. The van der Waals surface area contributed by atoms with E-state index >= 15 is 0 Å². The van der Waals surface area contributed by atoms with Crippen LogP contribution in [0.15, 0.2) is 39.6 Å². The largest absolute Gasteiger partial charge is 0.325 e. The molecule has 0 unspecified atom stereocenters. The molecular formula is C18H17ClFN3O2S2. The summed E-state index contributed by atoms with van der Waals surface area (Å²) in [4.78, 5) is 29.5. The second-order valence-electron chi connectivity index (χ2n) is 5.81. The molecular weight excluding hydrogens is 409 g/mol. The second-order valence-corrected chi connectivity index (χ2v) is 8.07. The molecule has 3 rings (SSSR count). The maximum atomic E-state index is 13.2. The second kappa shape index (κ2) is 8.86. The summed E-state index contributed by atoms with van der Waals surface area (Å²) in [5.74, 6) is -0.759. The Morgan fingerprint density at radius 1 is 1.41 bits per heavy atom. The predicted molar refractivity (Wildman–Crippen MR) is 110 cm³/mol. The number of carbonyl (C=O) groups is 1. The van der Waals surface area contributed by atoms with E-state index in [1.807, 2.05) is 5.38 Å². The molecule has 9 heteroatoms. The van der Waals surface area contributed by atoms with Crippen LogP contribution < -0.4 is 10.9 Å². The molecule has 5 nitrogen and oxygen atoms in total. The molecule has 1 aromatic carbocycles. The average molecular weight is 426 g/mol. The number of nitrogens with one attached hydrogen (secondary N) is 1. The number of aromatic nitrogens is 2. The standard InChI is InChI=1S/C18H17ClFN3O2S2/c1-2-3-7-23-17(25)16-14(6-8-26-16)22-18(23)27-10-15(24)21-11-4-5-13(20)12(19)9-11/h4-6,8-9H,2-3,7,10H2,1H3,(H,21,24). The number of hydrogen-bond acceptors (Lipinski definition) is 5. The third-order valence-corrected chi connectivity index (χ3v) is 5.96. The first-order chi connectivity index (χ1) is 13.0. The normalized spacial score (nSPS) is 11.1. The zero-order valence-corrected chi connectivity index (χ0v) is 16.9. The lowest BCUT2D eigenvalue weighted by Gasteiger charge is -2.11. The minimum atomic E-state index is -0.544. The molecule has 142 valence electrons. The van der Waals surface area contributed by atoms with Crippen molar-refractivity contribution in [3.05, 3.63) is 50.8 Å². The van der Waals surface area contributed by atoms with Gasteiger partial charge in [-0.2, -0.15) is 0 Å². The van der Waals surface area contributed by atoms with Crippen molar-refractivity contribution >= 4 is 56.5 Å². The van der Waals surface area contributed by atoms with E-state index in [9.17, 15) is 14.0 Å². The first-order valence-corrected chi connectivity index (χ1v) is 10.6. The van der Waals surface area contributed by atoms with E-state index in [0.717, 1.165) is 12.8 Å². The number of fused-ring (bicyclic) bond motifs is 1. The van der Waals surface area contributed by atoms with Gasteiger partial charge in [-0.05, 0) is 36.1 Å². The van der Waals surface area contributed by atoms with Gasteiger partial charge in [-0.3, -0.25) is 14.2 Å². The predicted octanol–water partition coefficient (Wildman–Crippen LogP) is 4.78. The van der Waals surface area contributed by atoms with Crippen molar-refractivity contribution in [3.8, 4) is 0 Å². The number of amides is 1. The minimum absolute atomic E-state index is 0.0570. The van der Waals surface area contributed by atoms with Gasteiger partial charge < -0.3 is 5.32 Å². The number of thiophene rings is 1. The molecule has 1 N–H and O–H groups in total. The minimum Gasteiger partial charge on any atom is -0.325 e. The number of anilines is 1. The van der Waals surface area contributed by atoms with Crippen LogP contribution in [0.2, 0.25) is 5.02 Å². The molecule has 0 spiro atoms. The molecule has 0 aliphatic carbocycles. The number of rotatable bonds is 7. The first-order valence-electron chi connectivity index (χ1n) is 8.35. The summed E-state index contributed by atoms with van der Waals surface area (Å²) >= 11 is 8.30. The van der Waals surface area contributed by atoms with E-state index in [0.29, 0.717) is 27.6 Å². The molecule has 2 aromatic heterocycles. The van der Waals surface area contributed by atoms with Gasteiger partial charge in [-0.15, -0.1) is 11.3 Å². The first kappa shape index (κ1) is 19.9. The summed E-state index contributed by atoms with van der Waals surface area (Å²) in [6.45, 7) is 2.61. The zero-order valence-electron chi connectivity index (χ0n) is 14.5. The summed E-state index contributed by atoms with van der Waals surface area (Å²) in [5.41, 5.74) is 0.985. The molecule has 27 heavy (non-hydrogen) atoms. The highest BCUT2D eigenvalue weighted by atomic mass is 35.5. The summed E-state index contributed by atoms with van der Waals surface area (Å²) < 4.78 is 15.5. The van der Waals surface area contributed by atoms with Gasteiger partial charge in [0.15, 0.2) is 5.16 Å². The van der Waals surface area contributed by atoms with Crippen molar-refractivity contribution in [3.63, 3.8) is 0 Å². The van der Waals surface area contributed by atoms with Crippen LogP contribution in [0.4, 0.5) is 10.1 Å². The molecule has 3 aromatic rings. The van der Waals surface area contributed by atoms with Crippen molar-refractivity contribution in [1.82, 2.24) is 9.55 Å². The molecule has 0 saturated heterocycles. The van der Waals surface area contributed by atoms with E-state index in [1.54, 1.807) is 10.6 Å². The van der Waals surface area contributed by atoms with Crippen LogP contribution in [-0.4, -0.2) is 21.2 Å². The van der Waals surface area contributed by atoms with Crippen LogP contribution in [0.1, 0.15) is 19.8 Å². The monoisotopic (exact) mass is 425 g/mol. The van der Waals surface area contributed by atoms with Crippen LogP contribution in [0.5, 0.6) is 0 Å². The Morgan fingerprint density at radius 2 is 2.22 bits per heavy atom. The summed E-state index contributed by atoms with van der Waals surface area (Å²) in [7, 11) is 0. The number of thioether (sulfide) groups is 1. The smallest absolute Gasteiger partial charge is 0.272 e. The van der Waals surface area contributed by atoms with Crippen molar-refractivity contribution in [2.75, 3.05) is 11.1 Å². The molecule has 0 fully saturated rings. The number of nitrogens with zero attached hydrogens (tertiary/aromatic N) is 2. The molecule has 2 heterocycles. The fraction of sp³-hybridized carbons (Fsp3) is 0.278. The summed E-state index contributed by atoms with van der Waals surface area (Å²) in [6, 6.07) is 5.79. The van der Waals surface area contributed by atoms with Crippen LogP contribution in [0, 0.1) is 5.82 Å². The van der Waals surface area contributed by atoms with Crippen molar-refractivity contribution in [2.24, 2.45) is 0 Å². The SMILES string of the molecule is CCCCn1c(SCC(=O)Nc2ccc(F)c(Cl)c2)nc2ccsc2c1=O. The molecule has 1 amide bonds. The summed E-state index contributed by atoms with van der Waals surface area (Å²) in [6.07, 6.45) is 1.80. The Hall–Kier alpha value is -1.90. The zero-order chi connectivity index (χ0) is 19.4. The third kappa shape index (κ3) is 4.69. The number of carbonyl (C=O) groups excluding carboxylic acids is 1. The maximum Gasteiger partial charge on any atom is 0.272 e. The highest BCUT2D eigenvalue weighted by molar-refractivity contribution is 7.99. The lowest BCUT2D eigenvalue weighted by Crippen LogP contribution is -2.23. The third-order valence-electron chi connectivity index (χ3n) is 3.80. The van der Waals surface area contributed by atoms with Crippen LogP contribution >= 0.6 is 34.7 Å². The number of hydrogen-bond donors (Lipinski definition) is 1. The van der Waals surface area contributed by atoms with Crippen LogP contribution in [0.25, 0.3) is 10.2 Å². The van der Waals surface area contributed by atoms with Gasteiger partial charge >= 0.3 is 0 Å². The Morgan fingerprint density at radius 3 is 2.96 bits per heavy atom. The van der Waals surface area contributed by atoms with E-state index < -0.39 is 5.82 Å². The van der Waals surface area contributed by atoms with Crippen molar-refractivity contribution in [2.45, 2.75) is 31.5 Å². The lowest BCUT2D eigenvalue weighted by atomic mass is 10.3. The van der Waals surface area contributed by atoms with Gasteiger partial charge in [0.05, 0.1) is 16.3 Å². The fourth-order valence-corrected chi connectivity index (χ4v) is 4.23. The van der Waals surface area contributed by atoms with Crippen molar-refractivity contribution in [1.29, 1.82) is 0 Å². The lowest BCUT2D eigenvalue weighted by molar-refractivity contribution is -0.113. The molecule has 0 radical (unpaired) electrons. The number of benzene rings is 1. The van der Waals surface area contributed by atoms with Gasteiger partial charge in [-0.25, -0.2) is 9.37 Å². The van der Waals surface area contributed by atoms with Gasteiger partial charge in [-0.1, -0.05) is 36.7 Å². The Bertz CT molecular complexity index is 1040. The fourth-order valence-electron chi connectivity index (χ4n) is 2.45. The van der Waals surface area contributed by atoms with Gasteiger partial charge in [0.1, 0.15) is 10.5 Å². The van der Waals surface area contributed by atoms with Gasteiger partial charge in [0, 0.05) is 12.2 Å².